The average Bonchev–Trinajstić information content (AvgIpc) is 2.92. The number of aliphatic hydroxyl groups excluding tert-OH is 1. The highest BCUT2D eigenvalue weighted by molar-refractivity contribution is 6.16. The van der Waals surface area contributed by atoms with Crippen molar-refractivity contribution in [2.75, 3.05) is 4.90 Å². The fraction of sp³-hybridized carbons (Fsp3) is 0.211. The maximum Gasteiger partial charge on any atom is 0.573 e. The predicted molar refractivity (Wildman–Crippen MR) is 92.5 cm³/mol. The standard InChI is InChI=1S/C19H15F3N2O4/c1-2-14(25)15-16(11-4-3-9-23-10-11)24(18(27)17(15)26)12-5-7-13(8-6-12)28-19(20,21)22/h3-10,16,26H,2H2,1H3. The maximum absolute atomic E-state index is 12.7. The van der Waals surface area contributed by atoms with Gasteiger partial charge in [0.15, 0.2) is 11.5 Å². The number of nitrogens with zero attached hydrogens (tertiary/aromatic N) is 2. The van der Waals surface area contributed by atoms with Crippen LogP contribution in [0.25, 0.3) is 0 Å². The Bertz CT molecular complexity index is 924. The number of rotatable bonds is 5. The first kappa shape index (κ1) is 19.4. The van der Waals surface area contributed by atoms with Crippen LogP contribution in [0.3, 0.4) is 0 Å². The number of Topliss-reactive ketones (excluding diaryl/α,β-unsaturated/α-hetero) is 1. The maximum atomic E-state index is 12.7. The molecule has 0 saturated carbocycles. The number of anilines is 1. The molecule has 9 heteroatoms. The highest BCUT2D eigenvalue weighted by Crippen LogP contribution is 2.41. The summed E-state index contributed by atoms with van der Waals surface area (Å²) in [5.74, 6) is -2.38. The summed E-state index contributed by atoms with van der Waals surface area (Å²) in [7, 11) is 0. The van der Waals surface area contributed by atoms with Crippen LogP contribution in [-0.4, -0.2) is 28.1 Å². The monoisotopic (exact) mass is 392 g/mol. The Labute approximate surface area is 157 Å². The molecule has 2 heterocycles. The molecule has 0 saturated heterocycles. The van der Waals surface area contributed by atoms with Gasteiger partial charge in [0.25, 0.3) is 5.91 Å². The molecule has 6 nitrogen and oxygen atoms in total. The molecule has 1 aromatic heterocycles. The molecular weight excluding hydrogens is 377 g/mol. The van der Waals surface area contributed by atoms with Crippen molar-refractivity contribution in [3.63, 3.8) is 0 Å². The molecule has 2 aromatic rings. The van der Waals surface area contributed by atoms with E-state index in [-0.39, 0.29) is 17.7 Å². The Balaban J connectivity index is 2.04. The Hall–Kier alpha value is -3.36. The zero-order valence-corrected chi connectivity index (χ0v) is 14.6. The van der Waals surface area contributed by atoms with Gasteiger partial charge in [0.2, 0.25) is 0 Å². The lowest BCUT2D eigenvalue weighted by atomic mass is 9.96. The van der Waals surface area contributed by atoms with Gasteiger partial charge in [0.05, 0.1) is 11.6 Å². The first-order valence-electron chi connectivity index (χ1n) is 8.28. The number of alkyl halides is 3. The highest BCUT2D eigenvalue weighted by atomic mass is 19.4. The Kier molecular flexibility index (Phi) is 5.08. The molecule has 28 heavy (non-hydrogen) atoms. The molecule has 1 amide bonds. The number of hydrogen-bond donors (Lipinski definition) is 1. The molecule has 1 unspecified atom stereocenters. The van der Waals surface area contributed by atoms with Gasteiger partial charge in [0.1, 0.15) is 5.75 Å². The van der Waals surface area contributed by atoms with Gasteiger partial charge in [0, 0.05) is 24.5 Å². The summed E-state index contributed by atoms with van der Waals surface area (Å²) in [5, 5.41) is 10.3. The van der Waals surface area contributed by atoms with E-state index >= 15 is 0 Å². The lowest BCUT2D eigenvalue weighted by Crippen LogP contribution is -2.31. The summed E-state index contributed by atoms with van der Waals surface area (Å²) in [6.07, 6.45) is -1.81. The van der Waals surface area contributed by atoms with Crippen molar-refractivity contribution in [1.29, 1.82) is 0 Å². The minimum atomic E-state index is -4.84. The van der Waals surface area contributed by atoms with E-state index in [1.165, 1.54) is 24.5 Å². The third-order valence-electron chi connectivity index (χ3n) is 4.18. The van der Waals surface area contributed by atoms with Gasteiger partial charge < -0.3 is 9.84 Å². The van der Waals surface area contributed by atoms with Gasteiger partial charge in [-0.1, -0.05) is 13.0 Å². The van der Waals surface area contributed by atoms with Crippen LogP contribution in [0, 0.1) is 0 Å². The zero-order chi connectivity index (χ0) is 20.5. The van der Waals surface area contributed by atoms with Crippen LogP contribution in [-0.2, 0) is 9.59 Å². The van der Waals surface area contributed by atoms with Gasteiger partial charge in [-0.2, -0.15) is 0 Å². The van der Waals surface area contributed by atoms with Crippen molar-refractivity contribution in [3.05, 3.63) is 65.7 Å². The molecular formula is C19H15F3N2O4. The van der Waals surface area contributed by atoms with Crippen molar-refractivity contribution >= 4 is 17.4 Å². The first-order chi connectivity index (χ1) is 13.2. The summed E-state index contributed by atoms with van der Waals surface area (Å²) >= 11 is 0. The molecule has 0 aliphatic carbocycles. The Morgan fingerprint density at radius 3 is 2.46 bits per heavy atom. The van der Waals surface area contributed by atoms with Crippen LogP contribution in [0.4, 0.5) is 18.9 Å². The smallest absolute Gasteiger partial charge is 0.503 e. The van der Waals surface area contributed by atoms with Gasteiger partial charge in [-0.25, -0.2) is 0 Å². The number of ether oxygens (including phenoxy) is 1. The van der Waals surface area contributed by atoms with Crippen molar-refractivity contribution in [3.8, 4) is 5.75 Å². The second-order valence-electron chi connectivity index (χ2n) is 5.94. The number of amides is 1. The van der Waals surface area contributed by atoms with E-state index in [0.29, 0.717) is 5.56 Å². The van der Waals surface area contributed by atoms with E-state index < -0.39 is 35.6 Å². The molecule has 1 atom stereocenters. The Morgan fingerprint density at radius 2 is 1.93 bits per heavy atom. The van der Waals surface area contributed by atoms with Gasteiger partial charge in [-0.05, 0) is 35.9 Å². The molecule has 0 spiro atoms. The molecule has 1 aliphatic heterocycles. The number of ketones is 1. The lowest BCUT2D eigenvalue weighted by molar-refractivity contribution is -0.274. The number of aliphatic hydroxyl groups is 1. The largest absolute Gasteiger partial charge is 0.573 e. The molecule has 3 rings (SSSR count). The van der Waals surface area contributed by atoms with Crippen LogP contribution in [0.1, 0.15) is 24.9 Å². The number of aromatic nitrogens is 1. The molecule has 1 N–H and O–H groups in total. The normalized spacial score (nSPS) is 17.2. The van der Waals surface area contributed by atoms with Gasteiger partial charge in [-0.3, -0.25) is 19.5 Å². The lowest BCUT2D eigenvalue weighted by Gasteiger charge is -2.26. The topological polar surface area (TPSA) is 79.7 Å². The van der Waals surface area contributed by atoms with E-state index in [2.05, 4.69) is 9.72 Å². The van der Waals surface area contributed by atoms with Crippen LogP contribution in [0.2, 0.25) is 0 Å². The molecule has 146 valence electrons. The summed E-state index contributed by atoms with van der Waals surface area (Å²) < 4.78 is 40.9. The fourth-order valence-corrected chi connectivity index (χ4v) is 3.01. The third kappa shape index (κ3) is 3.68. The van der Waals surface area contributed by atoms with Crippen molar-refractivity contribution in [2.45, 2.75) is 25.7 Å². The molecule has 0 bridgehead atoms. The minimum Gasteiger partial charge on any atom is -0.503 e. The van der Waals surface area contributed by atoms with Crippen LogP contribution in [0.5, 0.6) is 5.75 Å². The number of benzene rings is 1. The molecule has 0 fully saturated rings. The SMILES string of the molecule is CCC(=O)C1=C(O)C(=O)N(c2ccc(OC(F)(F)F)cc2)C1c1cccnc1. The van der Waals surface area contributed by atoms with Crippen molar-refractivity contribution < 1.29 is 32.6 Å². The second kappa shape index (κ2) is 7.34. The van der Waals surface area contributed by atoms with Crippen LogP contribution < -0.4 is 9.64 Å². The van der Waals surface area contributed by atoms with E-state index in [4.69, 9.17) is 0 Å². The van der Waals surface area contributed by atoms with Gasteiger partial charge in [-0.15, -0.1) is 13.2 Å². The molecule has 0 radical (unpaired) electrons. The predicted octanol–water partition coefficient (Wildman–Crippen LogP) is 3.86. The van der Waals surface area contributed by atoms with Crippen LogP contribution in [0.15, 0.2) is 60.1 Å². The zero-order valence-electron chi connectivity index (χ0n) is 14.6. The van der Waals surface area contributed by atoms with E-state index in [1.54, 1.807) is 19.1 Å². The van der Waals surface area contributed by atoms with E-state index in [9.17, 15) is 27.9 Å². The third-order valence-corrected chi connectivity index (χ3v) is 4.18. The molecule has 1 aliphatic rings. The number of hydrogen-bond acceptors (Lipinski definition) is 5. The van der Waals surface area contributed by atoms with E-state index in [1.807, 2.05) is 0 Å². The number of carbonyl (C=O) groups is 2. The van der Waals surface area contributed by atoms with Crippen molar-refractivity contribution in [2.24, 2.45) is 0 Å². The van der Waals surface area contributed by atoms with Crippen LogP contribution >= 0.6 is 0 Å². The number of halogens is 3. The van der Waals surface area contributed by atoms with E-state index in [0.717, 1.165) is 17.0 Å². The summed E-state index contributed by atoms with van der Waals surface area (Å²) in [6.45, 7) is 1.60. The number of pyridine rings is 1. The summed E-state index contributed by atoms with van der Waals surface area (Å²) in [4.78, 5) is 30.2. The van der Waals surface area contributed by atoms with Crippen molar-refractivity contribution in [1.82, 2.24) is 4.98 Å². The van der Waals surface area contributed by atoms with Gasteiger partial charge >= 0.3 is 6.36 Å². The fourth-order valence-electron chi connectivity index (χ4n) is 3.01. The Morgan fingerprint density at radius 1 is 1.25 bits per heavy atom. The average molecular weight is 392 g/mol. The summed E-state index contributed by atoms with van der Waals surface area (Å²) in [5.41, 5.74) is 0.599. The molecule has 1 aromatic carbocycles. The second-order valence-corrected chi connectivity index (χ2v) is 5.94. The quantitative estimate of drug-likeness (QED) is 0.836. The summed E-state index contributed by atoms with van der Waals surface area (Å²) in [6, 6.07) is 6.90. The highest BCUT2D eigenvalue weighted by Gasteiger charge is 2.44. The first-order valence-corrected chi connectivity index (χ1v) is 8.28. The number of carbonyl (C=O) groups excluding carboxylic acids is 2. The minimum absolute atomic E-state index is 0.0651.